The molecular formula is C21H22FN7O2. The van der Waals surface area contributed by atoms with Crippen LogP contribution in [0.2, 0.25) is 0 Å². The molecular weight excluding hydrogens is 401 g/mol. The van der Waals surface area contributed by atoms with Crippen LogP contribution >= 0.6 is 0 Å². The molecule has 0 amide bonds. The Balaban J connectivity index is 1.54. The van der Waals surface area contributed by atoms with Crippen LogP contribution in [0.4, 0.5) is 27.9 Å². The fourth-order valence-electron chi connectivity index (χ4n) is 2.89. The molecule has 160 valence electrons. The first-order valence-corrected chi connectivity index (χ1v) is 9.74. The van der Waals surface area contributed by atoms with Crippen molar-refractivity contribution in [3.63, 3.8) is 0 Å². The second kappa shape index (κ2) is 9.81. The van der Waals surface area contributed by atoms with Crippen molar-refractivity contribution in [1.82, 2.24) is 15.0 Å². The first kappa shape index (κ1) is 20.5. The molecule has 1 aliphatic heterocycles. The van der Waals surface area contributed by atoms with Gasteiger partial charge in [0.1, 0.15) is 11.6 Å². The Morgan fingerprint density at radius 1 is 1.00 bits per heavy atom. The van der Waals surface area contributed by atoms with E-state index in [2.05, 4.69) is 30.8 Å². The number of methoxy groups -OCH3 is 1. The third-order valence-electron chi connectivity index (χ3n) is 4.51. The van der Waals surface area contributed by atoms with E-state index in [1.165, 1.54) is 12.1 Å². The van der Waals surface area contributed by atoms with E-state index in [0.29, 0.717) is 43.9 Å². The molecule has 0 bridgehead atoms. The molecule has 2 heterocycles. The largest absolute Gasteiger partial charge is 0.497 e. The minimum absolute atomic E-state index is 0.283. The second-order valence-electron chi connectivity index (χ2n) is 6.66. The summed E-state index contributed by atoms with van der Waals surface area (Å²) in [6.07, 6.45) is 1.66. The number of benzene rings is 2. The maximum atomic E-state index is 13.2. The zero-order valence-corrected chi connectivity index (χ0v) is 17.0. The van der Waals surface area contributed by atoms with E-state index in [4.69, 9.17) is 9.47 Å². The number of anilines is 4. The van der Waals surface area contributed by atoms with E-state index in [0.717, 1.165) is 11.3 Å². The van der Waals surface area contributed by atoms with E-state index in [1.54, 1.807) is 25.5 Å². The summed E-state index contributed by atoms with van der Waals surface area (Å²) < 4.78 is 23.8. The van der Waals surface area contributed by atoms with Gasteiger partial charge in [-0.2, -0.15) is 20.1 Å². The van der Waals surface area contributed by atoms with E-state index < -0.39 is 0 Å². The molecule has 1 aromatic heterocycles. The number of ether oxygens (including phenoxy) is 2. The van der Waals surface area contributed by atoms with Gasteiger partial charge in [0.15, 0.2) is 0 Å². The van der Waals surface area contributed by atoms with Crippen LogP contribution < -0.4 is 20.4 Å². The second-order valence-corrected chi connectivity index (χ2v) is 6.66. The van der Waals surface area contributed by atoms with Crippen molar-refractivity contribution in [2.75, 3.05) is 49.1 Å². The van der Waals surface area contributed by atoms with Gasteiger partial charge in [0.25, 0.3) is 0 Å². The zero-order valence-electron chi connectivity index (χ0n) is 17.0. The SMILES string of the molecule is COc1ccc(/C=N\Nc2nc(Nc3ccc(F)cc3)nc(N3CCOCC3)n2)cc1. The van der Waals surface area contributed by atoms with Crippen molar-refractivity contribution >= 4 is 29.7 Å². The summed E-state index contributed by atoms with van der Waals surface area (Å²) in [6, 6.07) is 13.4. The number of hydrazone groups is 1. The molecule has 1 aliphatic rings. The lowest BCUT2D eigenvalue weighted by Crippen LogP contribution is -2.37. The Hall–Kier alpha value is -3.79. The van der Waals surface area contributed by atoms with E-state index >= 15 is 0 Å². The standard InChI is InChI=1S/C21H22FN7O2/c1-30-18-8-2-15(3-9-18)14-23-28-20-25-19(24-17-6-4-16(22)5-7-17)26-21(27-20)29-10-12-31-13-11-29/h2-9,14H,10-13H2,1H3,(H2,24,25,26,27,28)/b23-14-. The summed E-state index contributed by atoms with van der Waals surface area (Å²) in [5.41, 5.74) is 4.40. The number of rotatable bonds is 7. The van der Waals surface area contributed by atoms with Crippen LogP contribution in [0.1, 0.15) is 5.56 Å². The normalized spacial score (nSPS) is 13.9. The first-order chi connectivity index (χ1) is 15.2. The Morgan fingerprint density at radius 2 is 1.71 bits per heavy atom. The Kier molecular flexibility index (Phi) is 6.48. The number of hydrogen-bond acceptors (Lipinski definition) is 9. The summed E-state index contributed by atoms with van der Waals surface area (Å²) in [5, 5.41) is 7.30. The highest BCUT2D eigenvalue weighted by atomic mass is 19.1. The highest BCUT2D eigenvalue weighted by molar-refractivity contribution is 5.80. The van der Waals surface area contributed by atoms with E-state index in [9.17, 15) is 4.39 Å². The maximum Gasteiger partial charge on any atom is 0.250 e. The molecule has 0 radical (unpaired) electrons. The lowest BCUT2D eigenvalue weighted by molar-refractivity contribution is 0.122. The Bertz CT molecular complexity index is 1020. The van der Waals surface area contributed by atoms with Crippen molar-refractivity contribution in [3.05, 3.63) is 59.9 Å². The fourth-order valence-corrected chi connectivity index (χ4v) is 2.89. The molecule has 0 spiro atoms. The van der Waals surface area contributed by atoms with Gasteiger partial charge in [-0.3, -0.25) is 0 Å². The van der Waals surface area contributed by atoms with Crippen LogP contribution in [-0.4, -0.2) is 54.6 Å². The van der Waals surface area contributed by atoms with Gasteiger partial charge < -0.3 is 19.7 Å². The predicted octanol–water partition coefficient (Wildman–Crippen LogP) is 3.05. The molecule has 2 aromatic carbocycles. The quantitative estimate of drug-likeness (QED) is 0.442. The number of halogens is 1. The molecule has 10 heteroatoms. The van der Waals surface area contributed by atoms with Crippen molar-refractivity contribution in [2.45, 2.75) is 0 Å². The molecule has 1 saturated heterocycles. The summed E-state index contributed by atoms with van der Waals surface area (Å²) in [5.74, 6) is 1.57. The van der Waals surface area contributed by atoms with E-state index in [-0.39, 0.29) is 11.8 Å². The van der Waals surface area contributed by atoms with Crippen molar-refractivity contribution < 1.29 is 13.9 Å². The third kappa shape index (κ3) is 5.64. The first-order valence-electron chi connectivity index (χ1n) is 9.74. The van der Waals surface area contributed by atoms with Gasteiger partial charge in [0.2, 0.25) is 17.8 Å². The van der Waals surface area contributed by atoms with Crippen LogP contribution in [0.3, 0.4) is 0 Å². The monoisotopic (exact) mass is 423 g/mol. The highest BCUT2D eigenvalue weighted by Crippen LogP contribution is 2.19. The van der Waals surface area contributed by atoms with Gasteiger partial charge in [-0.05, 0) is 54.1 Å². The minimum atomic E-state index is -0.314. The number of aromatic nitrogens is 3. The van der Waals surface area contributed by atoms with Crippen LogP contribution in [-0.2, 0) is 4.74 Å². The topological polar surface area (TPSA) is 96.8 Å². The number of hydrogen-bond donors (Lipinski definition) is 2. The lowest BCUT2D eigenvalue weighted by atomic mass is 10.2. The Labute approximate surface area is 179 Å². The molecule has 0 unspecified atom stereocenters. The lowest BCUT2D eigenvalue weighted by Gasteiger charge is -2.27. The average Bonchev–Trinajstić information content (AvgIpc) is 2.81. The molecule has 0 atom stereocenters. The van der Waals surface area contributed by atoms with Crippen LogP contribution in [0, 0.1) is 5.82 Å². The van der Waals surface area contributed by atoms with Gasteiger partial charge in [0.05, 0.1) is 26.5 Å². The fraction of sp³-hybridized carbons (Fsp3) is 0.238. The number of nitrogens with one attached hydrogen (secondary N) is 2. The molecule has 3 aromatic rings. The van der Waals surface area contributed by atoms with Gasteiger partial charge in [-0.1, -0.05) is 0 Å². The van der Waals surface area contributed by atoms with Gasteiger partial charge in [0, 0.05) is 18.8 Å². The van der Waals surface area contributed by atoms with Crippen molar-refractivity contribution in [3.8, 4) is 5.75 Å². The molecule has 9 nitrogen and oxygen atoms in total. The van der Waals surface area contributed by atoms with Crippen LogP contribution in [0.5, 0.6) is 5.75 Å². The summed E-state index contributed by atoms with van der Waals surface area (Å²) >= 11 is 0. The number of nitrogens with zero attached hydrogens (tertiary/aromatic N) is 5. The minimum Gasteiger partial charge on any atom is -0.497 e. The molecule has 1 fully saturated rings. The predicted molar refractivity (Wildman–Crippen MR) is 117 cm³/mol. The number of morpholine rings is 1. The van der Waals surface area contributed by atoms with Gasteiger partial charge >= 0.3 is 0 Å². The smallest absolute Gasteiger partial charge is 0.250 e. The van der Waals surface area contributed by atoms with Crippen LogP contribution in [0.25, 0.3) is 0 Å². The Morgan fingerprint density at radius 3 is 2.42 bits per heavy atom. The highest BCUT2D eigenvalue weighted by Gasteiger charge is 2.16. The molecule has 4 rings (SSSR count). The zero-order chi connectivity index (χ0) is 21.5. The van der Waals surface area contributed by atoms with Crippen LogP contribution in [0.15, 0.2) is 53.6 Å². The van der Waals surface area contributed by atoms with Crippen molar-refractivity contribution in [2.24, 2.45) is 5.10 Å². The molecule has 2 N–H and O–H groups in total. The third-order valence-corrected chi connectivity index (χ3v) is 4.51. The van der Waals surface area contributed by atoms with Gasteiger partial charge in [-0.15, -0.1) is 0 Å². The van der Waals surface area contributed by atoms with Crippen molar-refractivity contribution in [1.29, 1.82) is 0 Å². The summed E-state index contributed by atoms with van der Waals surface area (Å²) in [7, 11) is 1.62. The van der Waals surface area contributed by atoms with Gasteiger partial charge in [-0.25, -0.2) is 9.82 Å². The molecule has 0 saturated carbocycles. The maximum absolute atomic E-state index is 13.2. The molecule has 31 heavy (non-hydrogen) atoms. The molecule has 0 aliphatic carbocycles. The average molecular weight is 423 g/mol. The summed E-state index contributed by atoms with van der Waals surface area (Å²) in [6.45, 7) is 2.55. The summed E-state index contributed by atoms with van der Waals surface area (Å²) in [4.78, 5) is 15.4. The van der Waals surface area contributed by atoms with E-state index in [1.807, 2.05) is 29.2 Å².